The maximum atomic E-state index is 13.9. The Hall–Kier alpha value is -3.67. The van der Waals surface area contributed by atoms with Crippen molar-refractivity contribution in [2.45, 2.75) is 38.8 Å². The number of hydrogen-bond acceptors (Lipinski definition) is 2. The number of nitrogens with zero attached hydrogens (tertiary/aromatic N) is 1. The number of urea groups is 1. The second kappa shape index (κ2) is 11.2. The molecule has 2 N–H and O–H groups in total. The molecule has 0 saturated carbocycles. The molecule has 1 aliphatic rings. The third-order valence-corrected chi connectivity index (χ3v) is 6.71. The molecule has 0 bridgehead atoms. The average Bonchev–Trinajstić information content (AvgIpc) is 2.89. The lowest BCUT2D eigenvalue weighted by molar-refractivity contribution is -0.127. The lowest BCUT2D eigenvalue weighted by Crippen LogP contribution is -2.51. The SMILES string of the molecule is Cc1cc([C@@H]2C[C@@H](C(=O)N[C@@H](C)c3ccccc3)CN(C(=O)NCc3ccccc3)C2)ccc1F. The van der Waals surface area contributed by atoms with Gasteiger partial charge in [0, 0.05) is 25.6 Å². The second-order valence-electron chi connectivity index (χ2n) is 9.33. The largest absolute Gasteiger partial charge is 0.349 e. The molecule has 6 heteroatoms. The normalized spacial score (nSPS) is 18.5. The predicted molar refractivity (Wildman–Crippen MR) is 135 cm³/mol. The summed E-state index contributed by atoms with van der Waals surface area (Å²) in [7, 11) is 0. The summed E-state index contributed by atoms with van der Waals surface area (Å²) in [5.41, 5.74) is 3.54. The molecule has 3 aromatic carbocycles. The van der Waals surface area contributed by atoms with Crippen LogP contribution < -0.4 is 10.6 Å². The zero-order valence-electron chi connectivity index (χ0n) is 20.2. The van der Waals surface area contributed by atoms with E-state index in [1.807, 2.05) is 73.7 Å². The van der Waals surface area contributed by atoms with Crippen LogP contribution in [0, 0.1) is 18.7 Å². The summed E-state index contributed by atoms with van der Waals surface area (Å²) < 4.78 is 13.9. The van der Waals surface area contributed by atoms with Gasteiger partial charge in [0.25, 0.3) is 0 Å². The maximum absolute atomic E-state index is 13.9. The number of carbonyl (C=O) groups excluding carboxylic acids is 2. The van der Waals surface area contributed by atoms with Crippen LogP contribution in [0.4, 0.5) is 9.18 Å². The minimum absolute atomic E-state index is 0.0618. The summed E-state index contributed by atoms with van der Waals surface area (Å²) in [5, 5.41) is 6.10. The van der Waals surface area contributed by atoms with Gasteiger partial charge in [-0.3, -0.25) is 4.79 Å². The maximum Gasteiger partial charge on any atom is 0.317 e. The van der Waals surface area contributed by atoms with E-state index in [-0.39, 0.29) is 35.6 Å². The van der Waals surface area contributed by atoms with Gasteiger partial charge in [-0.05, 0) is 48.6 Å². The van der Waals surface area contributed by atoms with Crippen molar-refractivity contribution in [2.75, 3.05) is 13.1 Å². The number of benzene rings is 3. The number of amides is 3. The topological polar surface area (TPSA) is 61.4 Å². The summed E-state index contributed by atoms with van der Waals surface area (Å²) in [6.45, 7) is 4.92. The molecule has 1 saturated heterocycles. The Kier molecular flexibility index (Phi) is 7.80. The molecule has 3 atom stereocenters. The first-order valence-corrected chi connectivity index (χ1v) is 12.1. The fourth-order valence-corrected chi connectivity index (χ4v) is 4.66. The Morgan fingerprint density at radius 3 is 2.37 bits per heavy atom. The van der Waals surface area contributed by atoms with E-state index < -0.39 is 0 Å². The number of halogens is 1. The van der Waals surface area contributed by atoms with Gasteiger partial charge in [0.1, 0.15) is 5.82 Å². The molecule has 35 heavy (non-hydrogen) atoms. The van der Waals surface area contributed by atoms with Gasteiger partial charge in [-0.2, -0.15) is 0 Å². The number of carbonyl (C=O) groups is 2. The Bertz CT molecular complexity index is 1150. The number of rotatable bonds is 6. The van der Waals surface area contributed by atoms with E-state index in [2.05, 4.69) is 10.6 Å². The van der Waals surface area contributed by atoms with Crippen molar-refractivity contribution in [3.8, 4) is 0 Å². The van der Waals surface area contributed by atoms with Crippen molar-refractivity contribution in [3.05, 3.63) is 107 Å². The monoisotopic (exact) mass is 473 g/mol. The third-order valence-electron chi connectivity index (χ3n) is 6.71. The van der Waals surface area contributed by atoms with Crippen LogP contribution in [-0.4, -0.2) is 29.9 Å². The highest BCUT2D eigenvalue weighted by Crippen LogP contribution is 2.32. The first kappa shape index (κ1) is 24.5. The molecule has 1 aliphatic heterocycles. The molecular formula is C29H32FN3O2. The molecule has 4 rings (SSSR count). The molecule has 0 radical (unpaired) electrons. The number of likely N-dealkylation sites (tertiary alicyclic amines) is 1. The van der Waals surface area contributed by atoms with Crippen molar-refractivity contribution in [3.63, 3.8) is 0 Å². The fraction of sp³-hybridized carbons (Fsp3) is 0.310. The third kappa shape index (κ3) is 6.27. The van der Waals surface area contributed by atoms with Crippen LogP contribution in [0.15, 0.2) is 78.9 Å². The fourth-order valence-electron chi connectivity index (χ4n) is 4.66. The number of hydrogen-bond donors (Lipinski definition) is 2. The van der Waals surface area contributed by atoms with Crippen molar-refractivity contribution in [2.24, 2.45) is 5.92 Å². The lowest BCUT2D eigenvalue weighted by atomic mass is 9.83. The smallest absolute Gasteiger partial charge is 0.317 e. The highest BCUT2D eigenvalue weighted by atomic mass is 19.1. The molecule has 1 heterocycles. The Morgan fingerprint density at radius 1 is 1.00 bits per heavy atom. The Morgan fingerprint density at radius 2 is 1.69 bits per heavy atom. The first-order chi connectivity index (χ1) is 16.9. The Balaban J connectivity index is 1.50. The molecule has 1 fully saturated rings. The minimum Gasteiger partial charge on any atom is -0.349 e. The van der Waals surface area contributed by atoms with E-state index >= 15 is 0 Å². The second-order valence-corrected chi connectivity index (χ2v) is 9.33. The minimum atomic E-state index is -0.368. The van der Waals surface area contributed by atoms with E-state index in [1.54, 1.807) is 17.9 Å². The molecule has 3 amide bonds. The zero-order valence-corrected chi connectivity index (χ0v) is 20.2. The molecule has 0 aliphatic carbocycles. The zero-order chi connectivity index (χ0) is 24.8. The van der Waals surface area contributed by atoms with Gasteiger partial charge in [-0.1, -0.05) is 72.8 Å². The Labute approximate surface area is 206 Å². The van der Waals surface area contributed by atoms with Gasteiger partial charge in [0.2, 0.25) is 5.91 Å². The van der Waals surface area contributed by atoms with E-state index in [9.17, 15) is 14.0 Å². The van der Waals surface area contributed by atoms with E-state index in [1.165, 1.54) is 6.07 Å². The van der Waals surface area contributed by atoms with Gasteiger partial charge in [0.05, 0.1) is 12.0 Å². The predicted octanol–water partition coefficient (Wildman–Crippen LogP) is 5.33. The van der Waals surface area contributed by atoms with Gasteiger partial charge < -0.3 is 15.5 Å². The van der Waals surface area contributed by atoms with Crippen molar-refractivity contribution >= 4 is 11.9 Å². The van der Waals surface area contributed by atoms with Crippen LogP contribution in [0.25, 0.3) is 0 Å². The molecule has 5 nitrogen and oxygen atoms in total. The summed E-state index contributed by atoms with van der Waals surface area (Å²) in [5.74, 6) is -0.764. The number of piperidine rings is 1. The molecule has 0 aromatic heterocycles. The molecule has 0 unspecified atom stereocenters. The number of aryl methyl sites for hydroxylation is 1. The van der Waals surface area contributed by atoms with Gasteiger partial charge in [-0.25, -0.2) is 9.18 Å². The molecule has 0 spiro atoms. The summed E-state index contributed by atoms with van der Waals surface area (Å²) in [6, 6.07) is 24.2. The summed E-state index contributed by atoms with van der Waals surface area (Å²) >= 11 is 0. The van der Waals surface area contributed by atoms with Crippen LogP contribution in [-0.2, 0) is 11.3 Å². The molecular weight excluding hydrogens is 441 g/mol. The molecule has 3 aromatic rings. The van der Waals surface area contributed by atoms with E-state index in [0.717, 1.165) is 16.7 Å². The van der Waals surface area contributed by atoms with Crippen LogP contribution in [0.5, 0.6) is 0 Å². The highest BCUT2D eigenvalue weighted by molar-refractivity contribution is 5.81. The van der Waals surface area contributed by atoms with Gasteiger partial charge >= 0.3 is 6.03 Å². The van der Waals surface area contributed by atoms with Gasteiger partial charge in [0.15, 0.2) is 0 Å². The summed E-state index contributed by atoms with van der Waals surface area (Å²) in [6.07, 6.45) is 0.598. The van der Waals surface area contributed by atoms with Crippen molar-refractivity contribution < 1.29 is 14.0 Å². The van der Waals surface area contributed by atoms with Crippen molar-refractivity contribution in [1.82, 2.24) is 15.5 Å². The quantitative estimate of drug-likeness (QED) is 0.509. The summed E-state index contributed by atoms with van der Waals surface area (Å²) in [4.78, 5) is 28.1. The van der Waals surface area contributed by atoms with E-state index in [4.69, 9.17) is 0 Å². The van der Waals surface area contributed by atoms with E-state index in [0.29, 0.717) is 31.6 Å². The average molecular weight is 474 g/mol. The van der Waals surface area contributed by atoms with Crippen LogP contribution in [0.1, 0.15) is 47.6 Å². The van der Waals surface area contributed by atoms with Crippen molar-refractivity contribution in [1.29, 1.82) is 0 Å². The van der Waals surface area contributed by atoms with Crippen LogP contribution in [0.2, 0.25) is 0 Å². The van der Waals surface area contributed by atoms with Gasteiger partial charge in [-0.15, -0.1) is 0 Å². The van der Waals surface area contributed by atoms with Crippen LogP contribution >= 0.6 is 0 Å². The lowest BCUT2D eigenvalue weighted by Gasteiger charge is -2.38. The first-order valence-electron chi connectivity index (χ1n) is 12.1. The molecule has 182 valence electrons. The number of nitrogens with one attached hydrogen (secondary N) is 2. The van der Waals surface area contributed by atoms with Crippen LogP contribution in [0.3, 0.4) is 0 Å². The highest BCUT2D eigenvalue weighted by Gasteiger charge is 2.35. The standard InChI is InChI=1S/C29H32FN3O2/c1-20-15-24(13-14-27(20)30)25-16-26(28(34)32-21(2)23-11-7-4-8-12-23)19-33(18-25)29(35)31-17-22-9-5-3-6-10-22/h3-15,21,25-26H,16-19H2,1-2H3,(H,31,35)(H,32,34)/t21-,25+,26+/m0/s1.